The number of nitrogens with zero attached hydrogens (tertiary/aromatic N) is 3. The van der Waals surface area contributed by atoms with Gasteiger partial charge >= 0.3 is 0 Å². The highest BCUT2D eigenvalue weighted by Crippen LogP contribution is 2.30. The number of fused-ring (bicyclic) bond motifs is 3. The van der Waals surface area contributed by atoms with Gasteiger partial charge < -0.3 is 10.4 Å². The van der Waals surface area contributed by atoms with E-state index in [1.165, 1.54) is 0 Å². The van der Waals surface area contributed by atoms with Crippen LogP contribution in [0, 0.1) is 0 Å². The number of para-hydroxylation sites is 3. The van der Waals surface area contributed by atoms with Crippen molar-refractivity contribution >= 4 is 22.5 Å². The topological polar surface area (TPSA) is 62.5 Å². The normalized spacial score (nSPS) is 11.1. The van der Waals surface area contributed by atoms with E-state index in [0.717, 1.165) is 16.7 Å². The van der Waals surface area contributed by atoms with Gasteiger partial charge in [0.1, 0.15) is 5.75 Å². The number of rotatable bonds is 2. The molecule has 22 heavy (non-hydrogen) atoms. The molecular formula is C17H14N4O. The maximum absolute atomic E-state index is 10.0. The molecule has 0 unspecified atom stereocenters. The quantitative estimate of drug-likeness (QED) is 0.594. The number of aromatic nitrogens is 3. The van der Waals surface area contributed by atoms with Crippen molar-refractivity contribution in [2.75, 3.05) is 12.4 Å². The first-order valence-electron chi connectivity index (χ1n) is 7.02. The zero-order chi connectivity index (χ0) is 15.1. The van der Waals surface area contributed by atoms with Crippen LogP contribution in [0.2, 0.25) is 0 Å². The van der Waals surface area contributed by atoms with Gasteiger partial charge in [0, 0.05) is 18.8 Å². The molecule has 4 aromatic rings. The Morgan fingerprint density at radius 2 is 1.77 bits per heavy atom. The molecule has 0 radical (unpaired) electrons. The predicted octanol–water partition coefficient (Wildman–Crippen LogP) is 3.30. The molecule has 0 amide bonds. The number of phenolic OH excluding ortho intramolecular Hbond substituents is 1. The summed E-state index contributed by atoms with van der Waals surface area (Å²) in [4.78, 5) is 9.24. The molecule has 0 atom stereocenters. The molecule has 2 N–H and O–H groups in total. The average molecular weight is 290 g/mol. The van der Waals surface area contributed by atoms with E-state index in [2.05, 4.69) is 15.3 Å². The Balaban J connectivity index is 2.08. The molecule has 0 saturated heterocycles. The molecule has 2 heterocycles. The van der Waals surface area contributed by atoms with Gasteiger partial charge in [-0.25, -0.2) is 9.97 Å². The third-order valence-electron chi connectivity index (χ3n) is 3.71. The van der Waals surface area contributed by atoms with Crippen LogP contribution in [0.25, 0.3) is 27.9 Å². The first-order valence-corrected chi connectivity index (χ1v) is 7.02. The van der Waals surface area contributed by atoms with Crippen molar-refractivity contribution in [2.45, 2.75) is 0 Å². The highest BCUT2D eigenvalue weighted by Gasteiger charge is 2.13. The van der Waals surface area contributed by atoms with Crippen LogP contribution in [-0.2, 0) is 0 Å². The van der Waals surface area contributed by atoms with E-state index >= 15 is 0 Å². The van der Waals surface area contributed by atoms with Crippen molar-refractivity contribution in [2.24, 2.45) is 0 Å². The van der Waals surface area contributed by atoms with Gasteiger partial charge in [-0.1, -0.05) is 24.3 Å². The Hall–Kier alpha value is -3.08. The standard InChI is InChI=1S/C17H14N4O/c1-18-16-17-20-13(11-6-2-5-9-15(11)22)10-21(17)14-8-4-3-7-12(14)19-16/h2-10,22H,1H3,(H,18,19). The van der Waals surface area contributed by atoms with Crippen LogP contribution in [0.3, 0.4) is 0 Å². The van der Waals surface area contributed by atoms with Crippen LogP contribution in [-0.4, -0.2) is 26.5 Å². The number of phenols is 1. The van der Waals surface area contributed by atoms with Crippen molar-refractivity contribution < 1.29 is 5.11 Å². The Kier molecular flexibility index (Phi) is 2.72. The number of anilines is 1. The molecule has 0 bridgehead atoms. The van der Waals surface area contributed by atoms with Gasteiger partial charge in [-0.3, -0.25) is 4.40 Å². The van der Waals surface area contributed by atoms with Gasteiger partial charge in [0.05, 0.1) is 16.7 Å². The first kappa shape index (κ1) is 12.6. The molecule has 5 heteroatoms. The minimum atomic E-state index is 0.217. The average Bonchev–Trinajstić information content (AvgIpc) is 2.99. The van der Waals surface area contributed by atoms with Crippen molar-refractivity contribution in [1.29, 1.82) is 0 Å². The van der Waals surface area contributed by atoms with Crippen molar-refractivity contribution in [3.05, 3.63) is 54.7 Å². The number of benzene rings is 2. The second kappa shape index (κ2) is 4.73. The van der Waals surface area contributed by atoms with Crippen LogP contribution in [0.5, 0.6) is 5.75 Å². The van der Waals surface area contributed by atoms with Crippen molar-refractivity contribution in [3.63, 3.8) is 0 Å². The molecule has 4 rings (SSSR count). The minimum absolute atomic E-state index is 0.217. The fraction of sp³-hybridized carbons (Fsp3) is 0.0588. The zero-order valence-electron chi connectivity index (χ0n) is 12.0. The molecule has 2 aromatic heterocycles. The Morgan fingerprint density at radius 3 is 2.59 bits per heavy atom. The van der Waals surface area contributed by atoms with E-state index in [1.807, 2.05) is 54.0 Å². The maximum atomic E-state index is 10.0. The molecule has 5 nitrogen and oxygen atoms in total. The summed E-state index contributed by atoms with van der Waals surface area (Å²) < 4.78 is 2.00. The molecule has 2 aromatic carbocycles. The summed E-state index contributed by atoms with van der Waals surface area (Å²) in [6.45, 7) is 0. The Labute approximate surface area is 126 Å². The summed E-state index contributed by atoms with van der Waals surface area (Å²) in [7, 11) is 1.82. The van der Waals surface area contributed by atoms with E-state index < -0.39 is 0 Å². The smallest absolute Gasteiger partial charge is 0.181 e. The predicted molar refractivity (Wildman–Crippen MR) is 87.1 cm³/mol. The maximum Gasteiger partial charge on any atom is 0.181 e. The number of hydrogen-bond acceptors (Lipinski definition) is 4. The summed E-state index contributed by atoms with van der Waals surface area (Å²) in [5.41, 5.74) is 4.02. The number of hydrogen-bond donors (Lipinski definition) is 2. The van der Waals surface area contributed by atoms with Crippen LogP contribution in [0.4, 0.5) is 5.82 Å². The summed E-state index contributed by atoms with van der Waals surface area (Å²) in [5.74, 6) is 0.926. The number of aromatic hydroxyl groups is 1. The monoisotopic (exact) mass is 290 g/mol. The third-order valence-corrected chi connectivity index (χ3v) is 3.71. The van der Waals surface area contributed by atoms with Crippen LogP contribution in [0.15, 0.2) is 54.7 Å². The summed E-state index contributed by atoms with van der Waals surface area (Å²) >= 11 is 0. The van der Waals surface area contributed by atoms with Gasteiger partial charge in [0.2, 0.25) is 0 Å². The van der Waals surface area contributed by atoms with Crippen molar-refractivity contribution in [3.8, 4) is 17.0 Å². The van der Waals surface area contributed by atoms with E-state index in [1.54, 1.807) is 12.1 Å². The number of nitrogens with one attached hydrogen (secondary N) is 1. The third kappa shape index (κ3) is 1.79. The highest BCUT2D eigenvalue weighted by atomic mass is 16.3. The molecule has 108 valence electrons. The molecule has 0 aliphatic heterocycles. The zero-order valence-corrected chi connectivity index (χ0v) is 12.0. The van der Waals surface area contributed by atoms with E-state index in [-0.39, 0.29) is 5.75 Å². The van der Waals surface area contributed by atoms with Gasteiger partial charge in [-0.15, -0.1) is 0 Å². The lowest BCUT2D eigenvalue weighted by Gasteiger charge is -2.05. The molecule has 0 fully saturated rings. The summed E-state index contributed by atoms with van der Waals surface area (Å²) in [6.07, 6.45) is 1.93. The fourth-order valence-electron chi connectivity index (χ4n) is 2.65. The lowest BCUT2D eigenvalue weighted by Crippen LogP contribution is -1.98. The van der Waals surface area contributed by atoms with Gasteiger partial charge in [0.15, 0.2) is 11.5 Å². The second-order valence-corrected chi connectivity index (χ2v) is 5.04. The van der Waals surface area contributed by atoms with Gasteiger partial charge in [-0.2, -0.15) is 0 Å². The van der Waals surface area contributed by atoms with Gasteiger partial charge in [0.25, 0.3) is 0 Å². The minimum Gasteiger partial charge on any atom is -0.507 e. The lowest BCUT2D eigenvalue weighted by molar-refractivity contribution is 0.477. The van der Waals surface area contributed by atoms with Crippen LogP contribution in [0.1, 0.15) is 0 Å². The van der Waals surface area contributed by atoms with E-state index in [4.69, 9.17) is 0 Å². The highest BCUT2D eigenvalue weighted by molar-refractivity contribution is 5.84. The first-order chi connectivity index (χ1) is 10.8. The second-order valence-electron chi connectivity index (χ2n) is 5.04. The molecule has 0 aliphatic rings. The molecular weight excluding hydrogens is 276 g/mol. The Morgan fingerprint density at radius 1 is 1.00 bits per heavy atom. The molecule has 0 spiro atoms. The Bertz CT molecular complexity index is 990. The van der Waals surface area contributed by atoms with Gasteiger partial charge in [-0.05, 0) is 24.3 Å². The SMILES string of the molecule is CNc1nc2ccccc2n2cc(-c3ccccc3O)nc12. The van der Waals surface area contributed by atoms with Crippen LogP contribution >= 0.6 is 0 Å². The van der Waals surface area contributed by atoms with Crippen LogP contribution < -0.4 is 5.32 Å². The lowest BCUT2D eigenvalue weighted by atomic mass is 10.1. The molecule has 0 aliphatic carbocycles. The van der Waals surface area contributed by atoms with E-state index in [9.17, 15) is 5.11 Å². The fourth-order valence-corrected chi connectivity index (χ4v) is 2.65. The summed E-state index contributed by atoms with van der Waals surface area (Å²) in [6, 6.07) is 15.1. The molecule has 0 saturated carbocycles. The largest absolute Gasteiger partial charge is 0.507 e. The number of imidazole rings is 1. The summed E-state index contributed by atoms with van der Waals surface area (Å²) in [5, 5.41) is 13.1. The van der Waals surface area contributed by atoms with E-state index in [0.29, 0.717) is 17.1 Å². The van der Waals surface area contributed by atoms with Crippen molar-refractivity contribution in [1.82, 2.24) is 14.4 Å².